The van der Waals surface area contributed by atoms with Gasteiger partial charge in [0.05, 0.1) is 0 Å². The highest BCUT2D eigenvalue weighted by Gasteiger charge is 2.57. The number of benzene rings is 1. The van der Waals surface area contributed by atoms with Gasteiger partial charge in [-0.3, -0.25) is 9.59 Å². The van der Waals surface area contributed by atoms with E-state index in [-0.39, 0.29) is 31.0 Å². The zero-order chi connectivity index (χ0) is 19.7. The van der Waals surface area contributed by atoms with E-state index < -0.39 is 17.7 Å². The molecular weight excluding hydrogens is 349 g/mol. The minimum absolute atomic E-state index is 0.0438. The van der Waals surface area contributed by atoms with Crippen LogP contribution in [0.25, 0.3) is 0 Å². The number of piperidine rings is 1. The summed E-state index contributed by atoms with van der Waals surface area (Å²) < 4.78 is 38.7. The summed E-state index contributed by atoms with van der Waals surface area (Å²) in [6, 6.07) is 8.50. The first-order valence-electron chi connectivity index (χ1n) is 8.37. The number of halogens is 3. The molecule has 8 heteroatoms. The van der Waals surface area contributed by atoms with Gasteiger partial charge in [-0.15, -0.1) is 0 Å². The molecule has 2 rings (SSSR count). The van der Waals surface area contributed by atoms with Crippen molar-refractivity contribution in [3.63, 3.8) is 0 Å². The number of hydrogen-bond acceptors (Lipinski definition) is 3. The Bertz CT molecular complexity index is 661. The van der Waals surface area contributed by atoms with Crippen molar-refractivity contribution in [3.8, 4) is 0 Å². The van der Waals surface area contributed by atoms with E-state index in [2.05, 4.69) is 0 Å². The molecule has 1 N–H and O–H groups in total. The molecule has 0 radical (unpaired) electrons. The first-order valence-corrected chi connectivity index (χ1v) is 8.37. The zero-order valence-corrected chi connectivity index (χ0v) is 15.0. The fraction of sp³-hybridized carbons (Fsp3) is 0.556. The van der Waals surface area contributed by atoms with Crippen molar-refractivity contribution in [1.82, 2.24) is 9.80 Å². The molecule has 1 aliphatic heterocycles. The predicted octanol–water partition coefficient (Wildman–Crippen LogP) is 2.31. The Labute approximate surface area is 150 Å². The summed E-state index contributed by atoms with van der Waals surface area (Å²) in [6.07, 6.45) is -4.69. The third kappa shape index (κ3) is 3.85. The van der Waals surface area contributed by atoms with Gasteiger partial charge in [-0.1, -0.05) is 25.1 Å². The molecule has 0 aromatic heterocycles. The van der Waals surface area contributed by atoms with E-state index >= 15 is 0 Å². The minimum Gasteiger partial charge on any atom is -0.373 e. The summed E-state index contributed by atoms with van der Waals surface area (Å²) in [5.41, 5.74) is -2.88. The van der Waals surface area contributed by atoms with Gasteiger partial charge in [0, 0.05) is 31.7 Å². The lowest BCUT2D eigenvalue weighted by molar-refractivity contribution is -0.251. The van der Waals surface area contributed by atoms with Crippen LogP contribution in [0.5, 0.6) is 0 Å². The summed E-state index contributed by atoms with van der Waals surface area (Å²) >= 11 is 0. The monoisotopic (exact) mass is 372 g/mol. The summed E-state index contributed by atoms with van der Waals surface area (Å²) in [7, 11) is 1.65. The first kappa shape index (κ1) is 20.2. The van der Waals surface area contributed by atoms with Crippen molar-refractivity contribution < 1.29 is 27.9 Å². The predicted molar refractivity (Wildman–Crippen MR) is 89.4 cm³/mol. The molecule has 2 amide bonds. The van der Waals surface area contributed by atoms with Crippen LogP contribution in [0.4, 0.5) is 13.2 Å². The number of carbonyl (C=O) groups excluding carboxylic acids is 2. The SMILES string of the molecule is CC1CN(C(=O)C(C)(O)C(F)(F)F)CCC1N(C)C(=O)c1ccccc1. The van der Waals surface area contributed by atoms with Crippen LogP contribution >= 0.6 is 0 Å². The molecule has 1 aromatic rings. The summed E-state index contributed by atoms with van der Waals surface area (Å²) in [5.74, 6) is -1.76. The topological polar surface area (TPSA) is 60.9 Å². The molecule has 0 spiro atoms. The number of likely N-dealkylation sites (tertiary alicyclic amines) is 1. The number of alkyl halides is 3. The van der Waals surface area contributed by atoms with Gasteiger partial charge in [-0.25, -0.2) is 0 Å². The van der Waals surface area contributed by atoms with Crippen LogP contribution in [0.15, 0.2) is 30.3 Å². The lowest BCUT2D eigenvalue weighted by Crippen LogP contribution is -2.60. The average molecular weight is 372 g/mol. The molecule has 1 aromatic carbocycles. The minimum atomic E-state index is -5.04. The molecule has 3 atom stereocenters. The van der Waals surface area contributed by atoms with Gasteiger partial charge in [0.1, 0.15) is 0 Å². The van der Waals surface area contributed by atoms with Crippen molar-refractivity contribution in [2.24, 2.45) is 5.92 Å². The number of aliphatic hydroxyl groups is 1. The van der Waals surface area contributed by atoms with Crippen molar-refractivity contribution in [2.45, 2.75) is 38.1 Å². The van der Waals surface area contributed by atoms with Crippen LogP contribution in [0.3, 0.4) is 0 Å². The largest absolute Gasteiger partial charge is 0.426 e. The third-order valence-corrected chi connectivity index (χ3v) is 4.95. The van der Waals surface area contributed by atoms with Crippen molar-refractivity contribution in [3.05, 3.63) is 35.9 Å². The van der Waals surface area contributed by atoms with Crippen LogP contribution in [-0.2, 0) is 4.79 Å². The maximum Gasteiger partial charge on any atom is 0.426 e. The van der Waals surface area contributed by atoms with Gasteiger partial charge < -0.3 is 14.9 Å². The van der Waals surface area contributed by atoms with E-state index in [1.54, 1.807) is 49.2 Å². The van der Waals surface area contributed by atoms with Gasteiger partial charge in [-0.05, 0) is 31.4 Å². The maximum atomic E-state index is 12.9. The summed E-state index contributed by atoms with van der Waals surface area (Å²) in [6.45, 7) is 2.34. The molecule has 0 aliphatic carbocycles. The molecule has 3 unspecified atom stereocenters. The van der Waals surface area contributed by atoms with Gasteiger partial charge in [0.15, 0.2) is 0 Å². The molecular formula is C18H23F3N2O3. The molecule has 0 saturated carbocycles. The van der Waals surface area contributed by atoms with E-state index in [0.29, 0.717) is 18.9 Å². The molecule has 1 fully saturated rings. The Morgan fingerprint density at radius 2 is 1.81 bits per heavy atom. The maximum absolute atomic E-state index is 12.9. The Kier molecular flexibility index (Phi) is 5.65. The van der Waals surface area contributed by atoms with Crippen LogP contribution in [-0.4, -0.2) is 64.7 Å². The number of carbonyl (C=O) groups is 2. The van der Waals surface area contributed by atoms with Crippen LogP contribution in [0.1, 0.15) is 30.6 Å². The number of rotatable bonds is 3. The molecule has 1 saturated heterocycles. The van der Waals surface area contributed by atoms with Crippen molar-refractivity contribution >= 4 is 11.8 Å². The number of amides is 2. The lowest BCUT2D eigenvalue weighted by atomic mass is 9.90. The Hall–Kier alpha value is -2.09. The molecule has 144 valence electrons. The fourth-order valence-electron chi connectivity index (χ4n) is 3.26. The lowest BCUT2D eigenvalue weighted by Gasteiger charge is -2.43. The van der Waals surface area contributed by atoms with E-state index in [0.717, 1.165) is 4.90 Å². The molecule has 0 bridgehead atoms. The zero-order valence-electron chi connectivity index (χ0n) is 15.0. The summed E-state index contributed by atoms with van der Waals surface area (Å²) in [5, 5.41) is 9.59. The Morgan fingerprint density at radius 3 is 2.31 bits per heavy atom. The smallest absolute Gasteiger partial charge is 0.373 e. The van der Waals surface area contributed by atoms with E-state index in [1.807, 2.05) is 0 Å². The average Bonchev–Trinajstić information content (AvgIpc) is 2.59. The second-order valence-electron chi connectivity index (χ2n) is 6.94. The number of hydrogen-bond donors (Lipinski definition) is 1. The quantitative estimate of drug-likeness (QED) is 0.886. The van der Waals surface area contributed by atoms with E-state index in [9.17, 15) is 27.9 Å². The highest BCUT2D eigenvalue weighted by Crippen LogP contribution is 2.33. The second-order valence-corrected chi connectivity index (χ2v) is 6.94. The first-order chi connectivity index (χ1) is 12.0. The van der Waals surface area contributed by atoms with E-state index in [4.69, 9.17) is 0 Å². The van der Waals surface area contributed by atoms with Gasteiger partial charge in [-0.2, -0.15) is 13.2 Å². The van der Waals surface area contributed by atoms with Gasteiger partial charge in [0.2, 0.25) is 5.60 Å². The second kappa shape index (κ2) is 7.26. The third-order valence-electron chi connectivity index (χ3n) is 4.95. The van der Waals surface area contributed by atoms with Crippen LogP contribution < -0.4 is 0 Å². The standard InChI is InChI=1S/C18H23F3N2O3/c1-12-11-23(16(25)17(2,26)18(19,20)21)10-9-14(12)22(3)15(24)13-7-5-4-6-8-13/h4-8,12,14,26H,9-11H2,1-3H3. The molecule has 1 aliphatic rings. The number of nitrogens with zero attached hydrogens (tertiary/aromatic N) is 2. The fourth-order valence-corrected chi connectivity index (χ4v) is 3.26. The van der Waals surface area contributed by atoms with E-state index in [1.165, 1.54) is 0 Å². The van der Waals surface area contributed by atoms with Gasteiger partial charge >= 0.3 is 6.18 Å². The molecule has 1 heterocycles. The molecule has 5 nitrogen and oxygen atoms in total. The van der Waals surface area contributed by atoms with Crippen LogP contribution in [0, 0.1) is 5.92 Å². The molecule has 26 heavy (non-hydrogen) atoms. The van der Waals surface area contributed by atoms with Crippen molar-refractivity contribution in [1.29, 1.82) is 0 Å². The Morgan fingerprint density at radius 1 is 1.23 bits per heavy atom. The summed E-state index contributed by atoms with van der Waals surface area (Å²) in [4.78, 5) is 27.3. The van der Waals surface area contributed by atoms with Crippen molar-refractivity contribution in [2.75, 3.05) is 20.1 Å². The normalized spacial score (nSPS) is 23.3. The van der Waals surface area contributed by atoms with Gasteiger partial charge in [0.25, 0.3) is 11.8 Å². The highest BCUT2D eigenvalue weighted by atomic mass is 19.4. The Balaban J connectivity index is 2.06. The van der Waals surface area contributed by atoms with Crippen LogP contribution in [0.2, 0.25) is 0 Å². The highest BCUT2D eigenvalue weighted by molar-refractivity contribution is 5.94.